The second-order valence-corrected chi connectivity index (χ2v) is 6.82. The lowest BCUT2D eigenvalue weighted by molar-refractivity contribution is -0.127. The molecule has 2 aromatic carbocycles. The van der Waals surface area contributed by atoms with Crippen LogP contribution in [0.4, 0.5) is 5.13 Å². The lowest BCUT2D eigenvalue weighted by atomic mass is 10.2. The smallest absolute Gasteiger partial charge is 0.273 e. The van der Waals surface area contributed by atoms with Gasteiger partial charge >= 0.3 is 0 Å². The molecule has 6 heteroatoms. The van der Waals surface area contributed by atoms with Crippen LogP contribution in [-0.4, -0.2) is 30.1 Å². The highest BCUT2D eigenvalue weighted by atomic mass is 32.1. The van der Waals surface area contributed by atoms with Gasteiger partial charge in [0.1, 0.15) is 6.61 Å². The zero-order valence-electron chi connectivity index (χ0n) is 14.6. The average molecular weight is 378 g/mol. The Hall–Kier alpha value is -3.12. The van der Waals surface area contributed by atoms with Crippen LogP contribution in [0.3, 0.4) is 0 Å². The predicted octanol–water partition coefficient (Wildman–Crippen LogP) is 4.17. The second kappa shape index (κ2) is 7.63. The highest BCUT2D eigenvalue weighted by Crippen LogP contribution is 2.33. The molecule has 1 atom stereocenters. The lowest BCUT2D eigenvalue weighted by Crippen LogP contribution is -2.46. The van der Waals surface area contributed by atoms with Crippen molar-refractivity contribution in [3.05, 3.63) is 72.6 Å². The molecule has 0 fully saturated rings. The zero-order valence-corrected chi connectivity index (χ0v) is 15.4. The van der Waals surface area contributed by atoms with Gasteiger partial charge in [-0.3, -0.25) is 9.69 Å². The molecule has 0 bridgehead atoms. The summed E-state index contributed by atoms with van der Waals surface area (Å²) in [5.74, 6) is 1.03. The topological polar surface area (TPSA) is 51.7 Å². The number of rotatable bonds is 5. The van der Waals surface area contributed by atoms with Crippen molar-refractivity contribution in [2.24, 2.45) is 0 Å². The average Bonchev–Trinajstić information content (AvgIpc) is 3.22. The molecular weight excluding hydrogens is 360 g/mol. The first-order chi connectivity index (χ1) is 13.3. The number of anilines is 1. The van der Waals surface area contributed by atoms with Crippen LogP contribution in [-0.2, 0) is 4.79 Å². The zero-order chi connectivity index (χ0) is 18.6. The van der Waals surface area contributed by atoms with Crippen molar-refractivity contribution in [3.8, 4) is 22.8 Å². The lowest BCUT2D eigenvalue weighted by Gasteiger charge is -2.29. The van der Waals surface area contributed by atoms with Crippen molar-refractivity contribution in [2.75, 3.05) is 18.1 Å². The number of carbonyl (C=O) groups is 1. The van der Waals surface area contributed by atoms with E-state index in [0.717, 1.165) is 11.3 Å². The summed E-state index contributed by atoms with van der Waals surface area (Å²) in [5, 5.41) is 2.56. The normalized spacial score (nSPS) is 15.2. The quantitative estimate of drug-likeness (QED) is 0.626. The Morgan fingerprint density at radius 2 is 1.93 bits per heavy atom. The third-order valence-electron chi connectivity index (χ3n) is 4.15. The number of hydrogen-bond donors (Lipinski definition) is 0. The number of carbonyl (C=O) groups excluding carboxylic acids is 1. The molecular formula is C21H18N2O3S. The van der Waals surface area contributed by atoms with E-state index in [0.29, 0.717) is 23.2 Å². The van der Waals surface area contributed by atoms with Gasteiger partial charge in [0.2, 0.25) is 6.10 Å². The molecule has 27 heavy (non-hydrogen) atoms. The van der Waals surface area contributed by atoms with Crippen LogP contribution in [0.25, 0.3) is 11.3 Å². The van der Waals surface area contributed by atoms with Gasteiger partial charge in [-0.05, 0) is 12.1 Å². The highest BCUT2D eigenvalue weighted by Gasteiger charge is 2.32. The molecule has 1 aliphatic heterocycles. The highest BCUT2D eigenvalue weighted by molar-refractivity contribution is 7.14. The van der Waals surface area contributed by atoms with Crippen LogP contribution in [0, 0.1) is 0 Å². The number of benzene rings is 2. The fourth-order valence-electron chi connectivity index (χ4n) is 2.84. The minimum atomic E-state index is -0.719. The van der Waals surface area contributed by atoms with Crippen LogP contribution >= 0.6 is 11.3 Å². The van der Waals surface area contributed by atoms with E-state index in [4.69, 9.17) is 9.47 Å². The van der Waals surface area contributed by atoms with Crippen LogP contribution in [0.15, 0.2) is 72.6 Å². The molecule has 1 aromatic heterocycles. The maximum Gasteiger partial charge on any atom is 0.273 e. The maximum absolute atomic E-state index is 13.1. The molecule has 4 rings (SSSR count). The number of amides is 1. The maximum atomic E-state index is 13.1. The fourth-order valence-corrected chi connectivity index (χ4v) is 3.68. The molecule has 5 nitrogen and oxygen atoms in total. The summed E-state index contributed by atoms with van der Waals surface area (Å²) in [6, 6.07) is 17.2. The summed E-state index contributed by atoms with van der Waals surface area (Å²) in [5.41, 5.74) is 1.85. The molecule has 2 heterocycles. The summed E-state index contributed by atoms with van der Waals surface area (Å²) in [7, 11) is 0. The second-order valence-electron chi connectivity index (χ2n) is 5.98. The Balaban J connectivity index is 1.57. The van der Waals surface area contributed by atoms with Gasteiger partial charge in [0.05, 0.1) is 5.69 Å². The van der Waals surface area contributed by atoms with Crippen LogP contribution in [0.2, 0.25) is 0 Å². The Labute approximate surface area is 161 Å². The predicted molar refractivity (Wildman–Crippen MR) is 106 cm³/mol. The largest absolute Gasteiger partial charge is 0.485 e. The Kier molecular flexibility index (Phi) is 4.89. The van der Waals surface area contributed by atoms with Crippen LogP contribution in [0.1, 0.15) is 0 Å². The van der Waals surface area contributed by atoms with E-state index in [1.165, 1.54) is 11.3 Å². The first-order valence-corrected chi connectivity index (χ1v) is 9.46. The third-order valence-corrected chi connectivity index (χ3v) is 5.02. The number of fused-ring (bicyclic) bond motifs is 1. The standard InChI is InChI=1S/C21H18N2O3S/c1-2-12-23(21-22-16(14-27-21)15-8-4-3-5-9-15)20(24)19-13-25-17-10-6-7-11-18(17)26-19/h2-11,14,19H,1,12-13H2/t19-/m0/s1. The molecule has 3 aromatic rings. The minimum Gasteiger partial charge on any atom is -0.485 e. The Morgan fingerprint density at radius 3 is 2.70 bits per heavy atom. The summed E-state index contributed by atoms with van der Waals surface area (Å²) >= 11 is 1.42. The first-order valence-electron chi connectivity index (χ1n) is 8.58. The SMILES string of the molecule is C=CCN(C(=O)[C@@H]1COc2ccccc2O1)c1nc(-c2ccccc2)cs1. The van der Waals surface area contributed by atoms with E-state index in [1.807, 2.05) is 53.9 Å². The molecule has 0 N–H and O–H groups in total. The van der Waals surface area contributed by atoms with Crippen molar-refractivity contribution < 1.29 is 14.3 Å². The van der Waals surface area contributed by atoms with Crippen molar-refractivity contribution in [2.45, 2.75) is 6.10 Å². The van der Waals surface area contributed by atoms with Crippen molar-refractivity contribution in [1.29, 1.82) is 0 Å². The molecule has 1 aliphatic rings. The molecule has 0 unspecified atom stereocenters. The van der Waals surface area contributed by atoms with E-state index in [9.17, 15) is 4.79 Å². The molecule has 0 aliphatic carbocycles. The van der Waals surface area contributed by atoms with E-state index in [-0.39, 0.29) is 12.5 Å². The summed E-state index contributed by atoms with van der Waals surface area (Å²) < 4.78 is 11.5. The Bertz CT molecular complexity index is 955. The van der Waals surface area contributed by atoms with E-state index in [1.54, 1.807) is 17.0 Å². The van der Waals surface area contributed by atoms with Crippen molar-refractivity contribution in [1.82, 2.24) is 4.98 Å². The molecule has 1 amide bonds. The van der Waals surface area contributed by atoms with Crippen molar-refractivity contribution in [3.63, 3.8) is 0 Å². The third kappa shape index (κ3) is 3.57. The Morgan fingerprint density at radius 1 is 1.19 bits per heavy atom. The van der Waals surface area contributed by atoms with Gasteiger partial charge in [0, 0.05) is 17.5 Å². The van der Waals surface area contributed by atoms with Gasteiger partial charge in [0.15, 0.2) is 16.6 Å². The van der Waals surface area contributed by atoms with Crippen LogP contribution in [0.5, 0.6) is 11.5 Å². The van der Waals surface area contributed by atoms with E-state index < -0.39 is 6.10 Å². The summed E-state index contributed by atoms with van der Waals surface area (Å²) in [6.45, 7) is 4.28. The number of ether oxygens (including phenoxy) is 2. The summed E-state index contributed by atoms with van der Waals surface area (Å²) in [4.78, 5) is 19.3. The van der Waals surface area contributed by atoms with E-state index >= 15 is 0 Å². The number of hydrogen-bond acceptors (Lipinski definition) is 5. The van der Waals surface area contributed by atoms with Crippen LogP contribution < -0.4 is 14.4 Å². The van der Waals surface area contributed by atoms with Gasteiger partial charge in [0.25, 0.3) is 5.91 Å². The van der Waals surface area contributed by atoms with Gasteiger partial charge < -0.3 is 9.47 Å². The van der Waals surface area contributed by atoms with Gasteiger partial charge in [-0.2, -0.15) is 0 Å². The van der Waals surface area contributed by atoms with Gasteiger partial charge in [-0.1, -0.05) is 48.5 Å². The molecule has 0 saturated carbocycles. The minimum absolute atomic E-state index is 0.167. The monoisotopic (exact) mass is 378 g/mol. The molecule has 136 valence electrons. The summed E-state index contributed by atoms with van der Waals surface area (Å²) in [6.07, 6.45) is 0.961. The number of nitrogens with zero attached hydrogens (tertiary/aromatic N) is 2. The van der Waals surface area contributed by atoms with Gasteiger partial charge in [-0.15, -0.1) is 17.9 Å². The molecule has 0 saturated heterocycles. The fraction of sp³-hybridized carbons (Fsp3) is 0.143. The number of thiazole rings is 1. The molecule has 0 spiro atoms. The van der Waals surface area contributed by atoms with Gasteiger partial charge in [-0.25, -0.2) is 4.98 Å². The van der Waals surface area contributed by atoms with Crippen molar-refractivity contribution >= 4 is 22.4 Å². The molecule has 0 radical (unpaired) electrons. The first kappa shape index (κ1) is 17.3. The number of aromatic nitrogens is 1. The van der Waals surface area contributed by atoms with E-state index in [2.05, 4.69) is 11.6 Å². The number of para-hydroxylation sites is 2.